The number of aromatic amines is 1. The van der Waals surface area contributed by atoms with E-state index in [1.54, 1.807) is 0 Å². The number of aromatic carboxylic acids is 1. The molecule has 0 amide bonds. The lowest BCUT2D eigenvalue weighted by molar-refractivity contribution is 0.0690. The maximum Gasteiger partial charge on any atom is 0.352 e. The Morgan fingerprint density at radius 2 is 1.92 bits per heavy atom. The van der Waals surface area contributed by atoms with Gasteiger partial charge in [-0.2, -0.15) is 0 Å². The van der Waals surface area contributed by atoms with E-state index < -0.39 is 5.97 Å². The van der Waals surface area contributed by atoms with E-state index in [-0.39, 0.29) is 5.69 Å². The Hall–Kier alpha value is -1.98. The summed E-state index contributed by atoms with van der Waals surface area (Å²) in [6, 6.07) is 9.58. The van der Waals surface area contributed by atoms with Gasteiger partial charge in [-0.15, -0.1) is 0 Å². The van der Waals surface area contributed by atoms with Crippen molar-refractivity contribution in [3.63, 3.8) is 0 Å². The lowest BCUT2D eigenvalue weighted by atomic mass is 10.1. The molecular formula is C20H19BrClNO3. The predicted octanol–water partition coefficient (Wildman–Crippen LogP) is 5.91. The van der Waals surface area contributed by atoms with Gasteiger partial charge in [0.15, 0.2) is 0 Å². The van der Waals surface area contributed by atoms with E-state index in [0.29, 0.717) is 19.4 Å². The summed E-state index contributed by atoms with van der Waals surface area (Å²) in [5.74, 6) is -0.164. The van der Waals surface area contributed by atoms with Crippen molar-refractivity contribution in [1.82, 2.24) is 4.98 Å². The average Bonchev–Trinajstić information content (AvgIpc) is 2.94. The molecule has 0 radical (unpaired) electrons. The molecule has 0 saturated carbocycles. The third-order valence-electron chi connectivity index (χ3n) is 4.33. The highest BCUT2D eigenvalue weighted by atomic mass is 79.9. The zero-order valence-electron chi connectivity index (χ0n) is 14.5. The van der Waals surface area contributed by atoms with Crippen molar-refractivity contribution in [2.24, 2.45) is 0 Å². The standard InChI is InChI=1S/C20H19BrClNO3/c1-11-8-14(9-12(2)18(11)22)26-7-3-4-16-15-6-5-13(21)10-17(15)23-19(16)20(24)25/h5-6,8-10,23H,3-4,7H2,1-2H3,(H,24,25). The summed E-state index contributed by atoms with van der Waals surface area (Å²) in [6.45, 7) is 4.40. The Morgan fingerprint density at radius 3 is 2.58 bits per heavy atom. The minimum atomic E-state index is -0.947. The van der Waals surface area contributed by atoms with Crippen LogP contribution in [0.4, 0.5) is 0 Å². The fraction of sp³-hybridized carbons (Fsp3) is 0.250. The number of aromatic nitrogens is 1. The second kappa shape index (κ2) is 7.72. The number of carboxylic acid groups (broad SMARTS) is 1. The zero-order chi connectivity index (χ0) is 18.8. The van der Waals surface area contributed by atoms with Crippen LogP contribution in [0.1, 0.15) is 33.6 Å². The molecule has 2 aromatic carbocycles. The number of H-pyrrole nitrogens is 1. The Bertz CT molecular complexity index is 958. The average molecular weight is 437 g/mol. The summed E-state index contributed by atoms with van der Waals surface area (Å²) in [4.78, 5) is 14.5. The quantitative estimate of drug-likeness (QED) is 0.472. The van der Waals surface area contributed by atoms with E-state index >= 15 is 0 Å². The van der Waals surface area contributed by atoms with Gasteiger partial charge in [-0.3, -0.25) is 0 Å². The molecule has 4 nitrogen and oxygen atoms in total. The molecule has 2 N–H and O–H groups in total. The Balaban J connectivity index is 1.72. The molecule has 3 aromatic rings. The first-order chi connectivity index (χ1) is 12.4. The zero-order valence-corrected chi connectivity index (χ0v) is 16.9. The molecule has 0 spiro atoms. The fourth-order valence-electron chi connectivity index (χ4n) is 3.10. The summed E-state index contributed by atoms with van der Waals surface area (Å²) < 4.78 is 6.74. The van der Waals surface area contributed by atoms with E-state index in [9.17, 15) is 9.90 Å². The number of aryl methyl sites for hydroxylation is 3. The molecule has 26 heavy (non-hydrogen) atoms. The van der Waals surface area contributed by atoms with Gasteiger partial charge < -0.3 is 14.8 Å². The lowest BCUT2D eigenvalue weighted by Crippen LogP contribution is -2.04. The van der Waals surface area contributed by atoms with Crippen LogP contribution < -0.4 is 4.74 Å². The van der Waals surface area contributed by atoms with Crippen LogP contribution in [0.15, 0.2) is 34.8 Å². The molecule has 0 bridgehead atoms. The van der Waals surface area contributed by atoms with Gasteiger partial charge in [0.1, 0.15) is 11.4 Å². The summed E-state index contributed by atoms with van der Waals surface area (Å²) in [5.41, 5.74) is 3.84. The van der Waals surface area contributed by atoms with Crippen LogP contribution in [0.25, 0.3) is 10.9 Å². The molecule has 6 heteroatoms. The molecule has 136 valence electrons. The van der Waals surface area contributed by atoms with E-state index in [1.807, 2.05) is 44.2 Å². The predicted molar refractivity (Wildman–Crippen MR) is 108 cm³/mol. The summed E-state index contributed by atoms with van der Waals surface area (Å²) >= 11 is 9.59. The molecule has 0 aliphatic heterocycles. The van der Waals surface area contributed by atoms with Crippen molar-refractivity contribution < 1.29 is 14.6 Å². The van der Waals surface area contributed by atoms with Crippen molar-refractivity contribution in [1.29, 1.82) is 0 Å². The highest BCUT2D eigenvalue weighted by Gasteiger charge is 2.17. The number of carbonyl (C=O) groups is 1. The lowest BCUT2D eigenvalue weighted by Gasteiger charge is -2.10. The van der Waals surface area contributed by atoms with E-state index in [1.165, 1.54) is 0 Å². The molecular weight excluding hydrogens is 418 g/mol. The van der Waals surface area contributed by atoms with Crippen molar-refractivity contribution in [3.8, 4) is 5.75 Å². The second-order valence-electron chi connectivity index (χ2n) is 6.30. The number of hydrogen-bond donors (Lipinski definition) is 2. The molecule has 0 atom stereocenters. The monoisotopic (exact) mass is 435 g/mol. The normalized spacial score (nSPS) is 11.1. The molecule has 0 fully saturated rings. The SMILES string of the molecule is Cc1cc(OCCCc2c(C(=O)O)[nH]c3cc(Br)ccc23)cc(C)c1Cl. The number of ether oxygens (including phenoxy) is 1. The molecule has 0 unspecified atom stereocenters. The highest BCUT2D eigenvalue weighted by Crippen LogP contribution is 2.28. The first kappa shape index (κ1) is 18.8. The number of hydrogen-bond acceptors (Lipinski definition) is 2. The van der Waals surface area contributed by atoms with E-state index in [2.05, 4.69) is 20.9 Å². The Kier molecular flexibility index (Phi) is 5.58. The smallest absolute Gasteiger partial charge is 0.352 e. The topological polar surface area (TPSA) is 62.3 Å². The van der Waals surface area contributed by atoms with Crippen LogP contribution in [0.5, 0.6) is 5.75 Å². The van der Waals surface area contributed by atoms with Gasteiger partial charge >= 0.3 is 5.97 Å². The number of rotatable bonds is 6. The minimum absolute atomic E-state index is 0.247. The third-order valence-corrected chi connectivity index (χ3v) is 5.42. The van der Waals surface area contributed by atoms with Crippen molar-refractivity contribution in [2.75, 3.05) is 6.61 Å². The summed E-state index contributed by atoms with van der Waals surface area (Å²) in [6.07, 6.45) is 1.33. The van der Waals surface area contributed by atoms with Crippen molar-refractivity contribution >= 4 is 44.4 Å². The highest BCUT2D eigenvalue weighted by molar-refractivity contribution is 9.10. The van der Waals surface area contributed by atoms with Gasteiger partial charge in [0.25, 0.3) is 0 Å². The van der Waals surface area contributed by atoms with Crippen LogP contribution >= 0.6 is 27.5 Å². The Labute approximate surface area is 165 Å². The van der Waals surface area contributed by atoms with Gasteiger partial charge in [-0.05, 0) is 67.6 Å². The van der Waals surface area contributed by atoms with Gasteiger partial charge in [-0.1, -0.05) is 33.6 Å². The van der Waals surface area contributed by atoms with Crippen molar-refractivity contribution in [2.45, 2.75) is 26.7 Å². The largest absolute Gasteiger partial charge is 0.494 e. The van der Waals surface area contributed by atoms with E-state index in [0.717, 1.165) is 42.8 Å². The number of halogens is 2. The summed E-state index contributed by atoms with van der Waals surface area (Å²) in [7, 11) is 0. The molecule has 3 rings (SSSR count). The van der Waals surface area contributed by atoms with Crippen LogP contribution in [0.3, 0.4) is 0 Å². The fourth-order valence-corrected chi connectivity index (χ4v) is 3.57. The number of benzene rings is 2. The molecule has 1 aromatic heterocycles. The maximum atomic E-state index is 11.6. The first-order valence-corrected chi connectivity index (χ1v) is 9.47. The van der Waals surface area contributed by atoms with Gasteiger partial charge in [-0.25, -0.2) is 4.79 Å². The number of carboxylic acids is 1. The minimum Gasteiger partial charge on any atom is -0.494 e. The number of fused-ring (bicyclic) bond motifs is 1. The van der Waals surface area contributed by atoms with Crippen LogP contribution in [-0.2, 0) is 6.42 Å². The van der Waals surface area contributed by atoms with E-state index in [4.69, 9.17) is 16.3 Å². The first-order valence-electron chi connectivity index (χ1n) is 8.29. The second-order valence-corrected chi connectivity index (χ2v) is 7.59. The molecule has 0 saturated heterocycles. The van der Waals surface area contributed by atoms with Crippen LogP contribution in [0.2, 0.25) is 5.02 Å². The Morgan fingerprint density at radius 1 is 1.23 bits per heavy atom. The van der Waals surface area contributed by atoms with Crippen LogP contribution in [-0.4, -0.2) is 22.7 Å². The van der Waals surface area contributed by atoms with Crippen molar-refractivity contribution in [3.05, 3.63) is 62.2 Å². The maximum absolute atomic E-state index is 11.6. The molecule has 0 aliphatic rings. The summed E-state index contributed by atoms with van der Waals surface area (Å²) in [5, 5.41) is 11.2. The molecule has 1 heterocycles. The number of nitrogens with one attached hydrogen (secondary N) is 1. The van der Waals surface area contributed by atoms with Gasteiger partial charge in [0, 0.05) is 20.4 Å². The van der Waals surface area contributed by atoms with Gasteiger partial charge in [0.05, 0.1) is 6.61 Å². The van der Waals surface area contributed by atoms with Crippen LogP contribution in [0, 0.1) is 13.8 Å². The molecule has 0 aliphatic carbocycles. The third kappa shape index (κ3) is 3.89. The van der Waals surface area contributed by atoms with Gasteiger partial charge in [0.2, 0.25) is 0 Å².